The molecular weight excluding hydrogens is 319 g/mol. The molecule has 0 saturated heterocycles. The van der Waals surface area contributed by atoms with Crippen LogP contribution in [0.5, 0.6) is 0 Å². The van der Waals surface area contributed by atoms with Crippen molar-refractivity contribution in [2.75, 3.05) is 4.90 Å². The van der Waals surface area contributed by atoms with Crippen molar-refractivity contribution in [1.82, 2.24) is 5.32 Å². The number of nitrogens with one attached hydrogen (secondary N) is 1. The summed E-state index contributed by atoms with van der Waals surface area (Å²) >= 11 is 0. The normalized spacial score (nSPS) is 15.3. The summed E-state index contributed by atoms with van der Waals surface area (Å²) < 4.78 is 13.2. The Balaban J connectivity index is 1.75. The molecule has 2 amide bonds. The Morgan fingerprint density at radius 2 is 2.00 bits per heavy atom. The lowest BCUT2D eigenvalue weighted by Gasteiger charge is -2.28. The molecule has 1 N–H and O–H groups in total. The van der Waals surface area contributed by atoms with E-state index in [9.17, 15) is 14.0 Å². The quantitative estimate of drug-likeness (QED) is 0.929. The minimum atomic E-state index is -0.625. The van der Waals surface area contributed by atoms with Gasteiger partial charge in [-0.1, -0.05) is 30.3 Å². The maximum absolute atomic E-state index is 13.2. The third kappa shape index (κ3) is 3.87. The van der Waals surface area contributed by atoms with Crippen molar-refractivity contribution in [1.29, 1.82) is 0 Å². The minimum absolute atomic E-state index is 0.0432. The largest absolute Gasteiger partial charge is 0.350 e. The highest BCUT2D eigenvalue weighted by Crippen LogP contribution is 2.28. The molecule has 0 radical (unpaired) electrons. The lowest BCUT2D eigenvalue weighted by Crippen LogP contribution is -2.48. The van der Waals surface area contributed by atoms with E-state index in [1.807, 2.05) is 24.3 Å². The summed E-state index contributed by atoms with van der Waals surface area (Å²) in [5, 5.41) is 2.80. The maximum Gasteiger partial charge on any atom is 0.243 e. The van der Waals surface area contributed by atoms with Crippen LogP contribution >= 0.6 is 0 Å². The van der Waals surface area contributed by atoms with Gasteiger partial charge in [-0.05, 0) is 49.1 Å². The van der Waals surface area contributed by atoms with E-state index in [-0.39, 0.29) is 24.2 Å². The fraction of sp³-hybridized carbons (Fsp3) is 0.300. The molecule has 2 aromatic carbocycles. The van der Waals surface area contributed by atoms with Crippen molar-refractivity contribution in [3.63, 3.8) is 0 Å². The molecule has 2 aromatic rings. The number of aryl methyl sites for hydroxylation is 1. The molecule has 1 aliphatic rings. The zero-order valence-electron chi connectivity index (χ0n) is 14.2. The van der Waals surface area contributed by atoms with E-state index in [1.54, 1.807) is 24.0 Å². The number of carbonyl (C=O) groups is 2. The van der Waals surface area contributed by atoms with Gasteiger partial charge in [0.25, 0.3) is 0 Å². The van der Waals surface area contributed by atoms with Crippen LogP contribution in [0.15, 0.2) is 48.5 Å². The highest BCUT2D eigenvalue weighted by Gasteiger charge is 2.30. The van der Waals surface area contributed by atoms with Crippen molar-refractivity contribution in [2.45, 2.75) is 38.8 Å². The van der Waals surface area contributed by atoms with E-state index in [2.05, 4.69) is 5.32 Å². The maximum atomic E-state index is 13.2. The summed E-state index contributed by atoms with van der Waals surface area (Å²) in [6, 6.07) is 13.2. The third-order valence-corrected chi connectivity index (χ3v) is 4.48. The average molecular weight is 340 g/mol. The molecule has 3 rings (SSSR count). The van der Waals surface area contributed by atoms with E-state index in [0.29, 0.717) is 12.0 Å². The summed E-state index contributed by atoms with van der Waals surface area (Å²) in [6.07, 6.45) is 2.04. The molecule has 1 atom stereocenters. The summed E-state index contributed by atoms with van der Waals surface area (Å²) in [5.74, 6) is -0.635. The molecular formula is C20H21FN2O2. The topological polar surface area (TPSA) is 49.4 Å². The van der Waals surface area contributed by atoms with E-state index in [4.69, 9.17) is 0 Å². The van der Waals surface area contributed by atoms with Gasteiger partial charge in [0.15, 0.2) is 0 Å². The van der Waals surface area contributed by atoms with Crippen molar-refractivity contribution < 1.29 is 14.0 Å². The molecule has 0 aromatic heterocycles. The van der Waals surface area contributed by atoms with Gasteiger partial charge in [0.05, 0.1) is 0 Å². The summed E-state index contributed by atoms with van der Waals surface area (Å²) in [5.41, 5.74) is 2.57. The number of benzene rings is 2. The van der Waals surface area contributed by atoms with Crippen LogP contribution < -0.4 is 10.2 Å². The lowest BCUT2D eigenvalue weighted by atomic mass is 10.1. The Kier molecular flexibility index (Phi) is 5.12. The smallest absolute Gasteiger partial charge is 0.243 e. The number of amides is 2. The van der Waals surface area contributed by atoms with Gasteiger partial charge in [-0.3, -0.25) is 14.5 Å². The molecule has 130 valence electrons. The second kappa shape index (κ2) is 7.47. The Morgan fingerprint density at radius 3 is 2.80 bits per heavy atom. The van der Waals surface area contributed by atoms with Gasteiger partial charge < -0.3 is 5.32 Å². The van der Waals surface area contributed by atoms with Crippen molar-refractivity contribution in [3.05, 3.63) is 65.5 Å². The zero-order chi connectivity index (χ0) is 17.8. The standard InChI is InChI=1S/C20H21FN2O2/c1-14(20(25)22-13-15-6-4-9-17(21)12-15)23-18-10-3-2-7-16(18)8-5-11-19(23)24/h2-4,6-7,9-10,12,14H,5,8,11,13H2,1H3,(H,22,25)/t14-/m0/s1. The zero-order valence-corrected chi connectivity index (χ0v) is 14.2. The Bertz CT molecular complexity index is 791. The highest BCUT2D eigenvalue weighted by molar-refractivity contribution is 6.01. The van der Waals surface area contributed by atoms with Gasteiger partial charge in [0.2, 0.25) is 11.8 Å². The van der Waals surface area contributed by atoms with Gasteiger partial charge in [0, 0.05) is 18.7 Å². The van der Waals surface area contributed by atoms with Gasteiger partial charge in [-0.25, -0.2) is 4.39 Å². The van der Waals surface area contributed by atoms with E-state index >= 15 is 0 Å². The van der Waals surface area contributed by atoms with Crippen LogP contribution in [0, 0.1) is 5.82 Å². The van der Waals surface area contributed by atoms with Crippen LogP contribution in [0.4, 0.5) is 10.1 Å². The third-order valence-electron chi connectivity index (χ3n) is 4.48. The SMILES string of the molecule is C[C@@H](C(=O)NCc1cccc(F)c1)N1C(=O)CCCc2ccccc21. The van der Waals surface area contributed by atoms with E-state index in [0.717, 1.165) is 24.1 Å². The lowest BCUT2D eigenvalue weighted by molar-refractivity contribution is -0.126. The van der Waals surface area contributed by atoms with Crippen molar-refractivity contribution in [3.8, 4) is 0 Å². The fourth-order valence-corrected chi connectivity index (χ4v) is 3.17. The molecule has 0 saturated carbocycles. The number of carbonyl (C=O) groups excluding carboxylic acids is 2. The number of hydrogen-bond donors (Lipinski definition) is 1. The molecule has 0 unspecified atom stereocenters. The molecule has 0 fully saturated rings. The minimum Gasteiger partial charge on any atom is -0.350 e. The van der Waals surface area contributed by atoms with Crippen LogP contribution in [0.3, 0.4) is 0 Å². The average Bonchev–Trinajstić information content (AvgIpc) is 2.77. The monoisotopic (exact) mass is 340 g/mol. The highest BCUT2D eigenvalue weighted by atomic mass is 19.1. The molecule has 0 spiro atoms. The van der Waals surface area contributed by atoms with Gasteiger partial charge in [-0.15, -0.1) is 0 Å². The fourth-order valence-electron chi connectivity index (χ4n) is 3.17. The number of hydrogen-bond acceptors (Lipinski definition) is 2. The molecule has 1 aliphatic heterocycles. The predicted octanol–water partition coefficient (Wildman–Crippen LogP) is 3.20. The van der Waals surface area contributed by atoms with Gasteiger partial charge in [0.1, 0.15) is 11.9 Å². The molecule has 4 nitrogen and oxygen atoms in total. The summed E-state index contributed by atoms with van der Waals surface area (Å²) in [7, 11) is 0. The number of halogens is 1. The molecule has 1 heterocycles. The van der Waals surface area contributed by atoms with Crippen molar-refractivity contribution in [2.24, 2.45) is 0 Å². The first kappa shape index (κ1) is 17.1. The number of rotatable bonds is 4. The van der Waals surface area contributed by atoms with Crippen LogP contribution in [0.25, 0.3) is 0 Å². The van der Waals surface area contributed by atoms with Crippen LogP contribution in [0.2, 0.25) is 0 Å². The second-order valence-electron chi connectivity index (χ2n) is 6.27. The number of para-hydroxylation sites is 1. The Hall–Kier alpha value is -2.69. The van der Waals surface area contributed by atoms with Crippen LogP contribution in [-0.4, -0.2) is 17.9 Å². The van der Waals surface area contributed by atoms with Crippen molar-refractivity contribution >= 4 is 17.5 Å². The Morgan fingerprint density at radius 1 is 1.20 bits per heavy atom. The first-order valence-electron chi connectivity index (χ1n) is 8.48. The summed E-state index contributed by atoms with van der Waals surface area (Å²) in [6.45, 7) is 1.95. The van der Waals surface area contributed by atoms with Crippen LogP contribution in [0.1, 0.15) is 30.9 Å². The Labute approximate surface area is 146 Å². The number of fused-ring (bicyclic) bond motifs is 1. The van der Waals surface area contributed by atoms with Gasteiger partial charge in [-0.2, -0.15) is 0 Å². The van der Waals surface area contributed by atoms with E-state index in [1.165, 1.54) is 12.1 Å². The molecule has 25 heavy (non-hydrogen) atoms. The summed E-state index contributed by atoms with van der Waals surface area (Å²) in [4.78, 5) is 26.7. The number of nitrogens with zero attached hydrogens (tertiary/aromatic N) is 1. The number of anilines is 1. The molecule has 0 aliphatic carbocycles. The van der Waals surface area contributed by atoms with Gasteiger partial charge >= 0.3 is 0 Å². The first-order valence-corrected chi connectivity index (χ1v) is 8.48. The predicted molar refractivity (Wildman–Crippen MR) is 94.6 cm³/mol. The molecule has 5 heteroatoms. The van der Waals surface area contributed by atoms with Crippen LogP contribution in [-0.2, 0) is 22.6 Å². The first-order chi connectivity index (χ1) is 12.1. The molecule has 0 bridgehead atoms. The van der Waals surface area contributed by atoms with E-state index < -0.39 is 6.04 Å². The second-order valence-corrected chi connectivity index (χ2v) is 6.27.